The molecule has 1 aliphatic carbocycles. The van der Waals surface area contributed by atoms with E-state index in [-0.39, 0.29) is 35.8 Å². The lowest BCUT2D eigenvalue weighted by molar-refractivity contribution is -0.139. The molecule has 1 aliphatic rings. The second-order valence-corrected chi connectivity index (χ2v) is 10.5. The van der Waals surface area contributed by atoms with Crippen LogP contribution < -0.4 is 10.1 Å². The van der Waals surface area contributed by atoms with Gasteiger partial charge in [-0.2, -0.15) is 0 Å². The smallest absolute Gasteiger partial charge is 0.247 e. The number of hydrogen-bond acceptors (Lipinski definition) is 6. The lowest BCUT2D eigenvalue weighted by atomic mass is 9.86. The Hall–Kier alpha value is -3.72. The Labute approximate surface area is 232 Å². The fourth-order valence-electron chi connectivity index (χ4n) is 4.70. The lowest BCUT2D eigenvalue weighted by Crippen LogP contribution is -2.51. The summed E-state index contributed by atoms with van der Waals surface area (Å²) in [4.78, 5) is 38.2. The molecule has 2 aromatic carbocycles. The first-order valence-corrected chi connectivity index (χ1v) is 13.9. The Morgan fingerprint density at radius 3 is 2.38 bits per heavy atom. The summed E-state index contributed by atoms with van der Waals surface area (Å²) in [7, 11) is 1.58. The van der Waals surface area contributed by atoms with Crippen molar-refractivity contribution in [1.82, 2.24) is 14.9 Å². The number of benzene rings is 2. The molecule has 0 saturated heterocycles. The molecule has 4 rings (SSSR count). The van der Waals surface area contributed by atoms with E-state index in [0.29, 0.717) is 23.0 Å². The van der Waals surface area contributed by atoms with Crippen molar-refractivity contribution in [1.29, 1.82) is 0 Å². The second kappa shape index (κ2) is 13.4. The maximum Gasteiger partial charge on any atom is 0.247 e. The Bertz CT molecular complexity index is 1290. The second-order valence-electron chi connectivity index (χ2n) is 9.58. The molecule has 3 aromatic rings. The van der Waals surface area contributed by atoms with E-state index >= 15 is 0 Å². The molecule has 0 radical (unpaired) electrons. The molecule has 1 aromatic heterocycles. The number of methoxy groups -OCH3 is 1. The number of hydrogen-bond donors (Lipinski definition) is 1. The van der Waals surface area contributed by atoms with Gasteiger partial charge in [0.1, 0.15) is 17.6 Å². The van der Waals surface area contributed by atoms with Gasteiger partial charge in [-0.15, -0.1) is 0 Å². The van der Waals surface area contributed by atoms with Crippen molar-refractivity contribution in [3.05, 3.63) is 89.5 Å². The van der Waals surface area contributed by atoms with Gasteiger partial charge in [0, 0.05) is 23.6 Å². The van der Waals surface area contributed by atoms with Gasteiger partial charge >= 0.3 is 0 Å². The first-order chi connectivity index (χ1) is 18.8. The zero-order valence-electron chi connectivity index (χ0n) is 22.4. The van der Waals surface area contributed by atoms with Crippen LogP contribution in [0.2, 0.25) is 0 Å². The van der Waals surface area contributed by atoms with Crippen LogP contribution in [-0.2, 0) is 16.1 Å². The van der Waals surface area contributed by atoms with Gasteiger partial charge < -0.3 is 15.0 Å². The first-order valence-electron chi connectivity index (χ1n) is 12.9. The highest BCUT2D eigenvalue weighted by Crippen LogP contribution is 2.29. The third-order valence-corrected chi connectivity index (χ3v) is 7.42. The molecular formula is C30H33FN4O3S. The highest BCUT2D eigenvalue weighted by Gasteiger charge is 2.36. The van der Waals surface area contributed by atoms with Crippen LogP contribution in [0.25, 0.3) is 0 Å². The van der Waals surface area contributed by atoms with Crippen LogP contribution in [0.3, 0.4) is 0 Å². The number of aromatic nitrogens is 2. The van der Waals surface area contributed by atoms with Crippen LogP contribution in [0.5, 0.6) is 5.75 Å². The van der Waals surface area contributed by atoms with Crippen LogP contribution in [-0.4, -0.2) is 45.6 Å². The molecule has 2 amide bonds. The quantitative estimate of drug-likeness (QED) is 0.198. The molecule has 204 valence electrons. The van der Waals surface area contributed by atoms with E-state index in [0.717, 1.165) is 29.8 Å². The van der Waals surface area contributed by atoms with Crippen LogP contribution in [0, 0.1) is 25.6 Å². The predicted octanol–water partition coefficient (Wildman–Crippen LogP) is 5.73. The Balaban J connectivity index is 1.63. The number of carbonyl (C=O) groups is 2. The number of allylic oxidation sites excluding steroid dienone is 2. The maximum atomic E-state index is 13.9. The van der Waals surface area contributed by atoms with Crippen molar-refractivity contribution >= 4 is 29.3 Å². The number of halogens is 1. The van der Waals surface area contributed by atoms with Crippen molar-refractivity contribution in [2.75, 3.05) is 18.2 Å². The van der Waals surface area contributed by atoms with Gasteiger partial charge in [0.15, 0.2) is 5.16 Å². The van der Waals surface area contributed by atoms with Crippen LogP contribution in [0.1, 0.15) is 36.2 Å². The minimum absolute atomic E-state index is 0.0684. The Kier molecular flexibility index (Phi) is 9.70. The average Bonchev–Trinajstić information content (AvgIpc) is 2.93. The van der Waals surface area contributed by atoms with Crippen molar-refractivity contribution < 1.29 is 18.7 Å². The molecule has 1 N–H and O–H groups in total. The third-order valence-electron chi connectivity index (χ3n) is 6.59. The predicted molar refractivity (Wildman–Crippen MR) is 151 cm³/mol. The first kappa shape index (κ1) is 28.3. The molecule has 0 aliphatic heterocycles. The molecule has 0 spiro atoms. The maximum absolute atomic E-state index is 13.9. The number of carbonyl (C=O) groups excluding carboxylic acids is 2. The number of amides is 2. The summed E-state index contributed by atoms with van der Waals surface area (Å²) < 4.78 is 18.9. The minimum atomic E-state index is -0.727. The number of ether oxygens (including phenoxy) is 1. The molecule has 7 nitrogen and oxygen atoms in total. The lowest BCUT2D eigenvalue weighted by Gasteiger charge is -2.37. The summed E-state index contributed by atoms with van der Waals surface area (Å²) in [5.41, 5.74) is 3.01. The van der Waals surface area contributed by atoms with Crippen molar-refractivity contribution in [2.24, 2.45) is 5.92 Å². The highest BCUT2D eigenvalue weighted by atomic mass is 32.2. The van der Waals surface area contributed by atoms with Gasteiger partial charge in [0.25, 0.3) is 0 Å². The van der Waals surface area contributed by atoms with E-state index in [1.165, 1.54) is 23.9 Å². The van der Waals surface area contributed by atoms with Crippen LogP contribution in [0.4, 0.5) is 10.1 Å². The van der Waals surface area contributed by atoms with E-state index in [2.05, 4.69) is 27.4 Å². The monoisotopic (exact) mass is 548 g/mol. The topological polar surface area (TPSA) is 84.4 Å². The number of nitrogens with one attached hydrogen (secondary N) is 1. The van der Waals surface area contributed by atoms with E-state index in [1.54, 1.807) is 48.4 Å². The number of rotatable bonds is 10. The summed E-state index contributed by atoms with van der Waals surface area (Å²) in [5, 5.41) is 3.52. The molecule has 39 heavy (non-hydrogen) atoms. The zero-order valence-corrected chi connectivity index (χ0v) is 23.2. The molecule has 1 heterocycles. The molecule has 2 unspecified atom stereocenters. The normalized spacial score (nSPS) is 15.4. The summed E-state index contributed by atoms with van der Waals surface area (Å²) >= 11 is 1.25. The van der Waals surface area contributed by atoms with Gasteiger partial charge in [-0.1, -0.05) is 36.0 Å². The van der Waals surface area contributed by atoms with Gasteiger partial charge in [0.2, 0.25) is 11.8 Å². The van der Waals surface area contributed by atoms with Gasteiger partial charge in [-0.05, 0) is 87.1 Å². The van der Waals surface area contributed by atoms with Gasteiger partial charge in [0.05, 0.1) is 12.9 Å². The zero-order chi connectivity index (χ0) is 27.8. The Morgan fingerprint density at radius 2 is 1.77 bits per heavy atom. The van der Waals surface area contributed by atoms with E-state index < -0.39 is 6.04 Å². The average molecular weight is 549 g/mol. The van der Waals surface area contributed by atoms with E-state index in [1.807, 2.05) is 19.9 Å². The minimum Gasteiger partial charge on any atom is -0.497 e. The van der Waals surface area contributed by atoms with Crippen molar-refractivity contribution in [3.63, 3.8) is 0 Å². The van der Waals surface area contributed by atoms with Crippen LogP contribution in [0.15, 0.2) is 71.9 Å². The largest absolute Gasteiger partial charge is 0.497 e. The van der Waals surface area contributed by atoms with Crippen LogP contribution >= 0.6 is 11.8 Å². The summed E-state index contributed by atoms with van der Waals surface area (Å²) in [6, 6.07) is 14.3. The van der Waals surface area contributed by atoms with Gasteiger partial charge in [-0.3, -0.25) is 9.59 Å². The highest BCUT2D eigenvalue weighted by molar-refractivity contribution is 7.99. The molecule has 0 saturated carbocycles. The molecule has 2 atom stereocenters. The fourth-order valence-corrected chi connectivity index (χ4v) is 5.54. The number of nitrogens with zero attached hydrogens (tertiary/aromatic N) is 3. The SMILES string of the molecule is COc1ccc(NC(=O)C(C2CC=CCC2)N(Cc2ccc(F)cc2)C(=O)CSc2nc(C)cc(C)n2)cc1. The Morgan fingerprint density at radius 1 is 1.08 bits per heavy atom. The molecule has 0 bridgehead atoms. The number of aryl methyl sites for hydroxylation is 2. The van der Waals surface area contributed by atoms with E-state index in [4.69, 9.17) is 4.74 Å². The summed E-state index contributed by atoms with van der Waals surface area (Å²) in [5.74, 6) is -0.148. The van der Waals surface area contributed by atoms with E-state index in [9.17, 15) is 14.0 Å². The molecule has 9 heteroatoms. The van der Waals surface area contributed by atoms with Crippen molar-refractivity contribution in [2.45, 2.75) is 50.9 Å². The molecule has 0 fully saturated rings. The van der Waals surface area contributed by atoms with Crippen molar-refractivity contribution in [3.8, 4) is 5.75 Å². The number of anilines is 1. The molecular weight excluding hydrogens is 515 g/mol. The number of thioether (sulfide) groups is 1. The third kappa shape index (κ3) is 7.89. The fraction of sp³-hybridized carbons (Fsp3) is 0.333. The summed E-state index contributed by atoms with van der Waals surface area (Å²) in [6.45, 7) is 3.95. The van der Waals surface area contributed by atoms with Gasteiger partial charge in [-0.25, -0.2) is 14.4 Å². The summed E-state index contributed by atoms with van der Waals surface area (Å²) in [6.07, 6.45) is 6.47. The standard InChI is InChI=1S/C30H33FN4O3S/c1-20-17-21(2)33-30(32-20)39-19-27(36)35(18-22-9-11-24(31)12-10-22)28(23-7-5-4-6-8-23)29(37)34-25-13-15-26(38-3)16-14-25/h4-5,9-17,23,28H,6-8,18-19H2,1-3H3,(H,34,37).